The van der Waals surface area contributed by atoms with Crippen LogP contribution in [-0.4, -0.2) is 145 Å². The van der Waals surface area contributed by atoms with Crippen molar-refractivity contribution in [3.63, 3.8) is 0 Å². The average Bonchev–Trinajstić information content (AvgIpc) is 3.88. The van der Waals surface area contributed by atoms with Crippen LogP contribution in [-0.2, 0) is 51.5 Å². The quantitative estimate of drug-likeness (QED) is 0.184. The molecule has 10 aliphatic heterocycles. The van der Waals surface area contributed by atoms with Gasteiger partial charge in [-0.05, 0) is 111 Å². The van der Waals surface area contributed by atoms with Crippen molar-refractivity contribution in [3.05, 3.63) is 12.2 Å². The molecule has 14 heteroatoms. The van der Waals surface area contributed by atoms with E-state index in [0.717, 1.165) is 56.9 Å². The van der Waals surface area contributed by atoms with Crippen molar-refractivity contribution in [3.8, 4) is 0 Å². The van der Waals surface area contributed by atoms with Gasteiger partial charge < -0.3 is 56.6 Å². The van der Waals surface area contributed by atoms with Gasteiger partial charge >= 0.3 is 0 Å². The van der Waals surface area contributed by atoms with Gasteiger partial charge in [-0.25, -0.2) is 0 Å². The van der Waals surface area contributed by atoms with E-state index >= 15 is 0 Å². The molecule has 10 aliphatic rings. The summed E-state index contributed by atoms with van der Waals surface area (Å²) in [5.41, 5.74) is 1.17. The van der Waals surface area contributed by atoms with Gasteiger partial charge in [0.25, 0.3) is 0 Å². The zero-order valence-corrected chi connectivity index (χ0v) is 46.0. The molecule has 20 atom stereocenters. The van der Waals surface area contributed by atoms with E-state index in [0.29, 0.717) is 44.6 Å². The highest BCUT2D eigenvalue weighted by molar-refractivity contribution is 6.74. The van der Waals surface area contributed by atoms with Crippen LogP contribution in [0.25, 0.3) is 0 Å². The van der Waals surface area contributed by atoms with Crippen LogP contribution in [0.15, 0.2) is 12.2 Å². The molecule has 0 aromatic carbocycles. The van der Waals surface area contributed by atoms with Crippen molar-refractivity contribution in [1.29, 1.82) is 0 Å². The Bertz CT molecular complexity index is 1750. The number of ether oxygens (including phenoxy) is 9. The van der Waals surface area contributed by atoms with Gasteiger partial charge in [-0.3, -0.25) is 0 Å². The van der Waals surface area contributed by atoms with E-state index in [2.05, 4.69) is 95.1 Å². The molecule has 0 aromatic heterocycles. The van der Waals surface area contributed by atoms with Crippen LogP contribution < -0.4 is 0 Å². The molecular weight excluding hydrogens is 885 g/mol. The summed E-state index contributed by atoms with van der Waals surface area (Å²) in [5.74, 6) is -0.533. The second-order valence-corrected chi connectivity index (χ2v) is 36.2. The third-order valence-corrected chi connectivity index (χ3v) is 28.3. The van der Waals surface area contributed by atoms with Gasteiger partial charge in [0.05, 0.1) is 79.9 Å². The number of methoxy groups -OCH3 is 1. The molecule has 10 saturated heterocycles. The maximum absolute atomic E-state index is 12.3. The van der Waals surface area contributed by atoms with Crippen molar-refractivity contribution >= 4 is 16.6 Å². The first-order valence-corrected chi connectivity index (χ1v) is 32.6. The summed E-state index contributed by atoms with van der Waals surface area (Å²) < 4.78 is 76.8. The number of rotatable bonds is 8. The Kier molecular flexibility index (Phi) is 14.5. The number of fused-ring (bicyclic) bond motifs is 6. The molecule has 12 bridgehead atoms. The van der Waals surface area contributed by atoms with Gasteiger partial charge in [0.1, 0.15) is 30.5 Å². The molecule has 1 N–H and O–H groups in total. The molecule has 10 fully saturated rings. The summed E-state index contributed by atoms with van der Waals surface area (Å²) >= 11 is 0. The zero-order valence-electron chi connectivity index (χ0n) is 44.0. The minimum Gasteiger partial charge on any atom is -0.414 e. The highest BCUT2D eigenvalue weighted by Crippen LogP contribution is 2.55. The van der Waals surface area contributed by atoms with Crippen LogP contribution in [0.2, 0.25) is 36.3 Å². The summed E-state index contributed by atoms with van der Waals surface area (Å²) in [6.07, 6.45) is 7.27. The molecule has 0 amide bonds. The molecule has 0 aromatic rings. The maximum atomic E-state index is 12.3. The van der Waals surface area contributed by atoms with Crippen molar-refractivity contribution < 1.29 is 56.6 Å². The lowest BCUT2D eigenvalue weighted by atomic mass is 9.79. The largest absolute Gasteiger partial charge is 0.414 e. The Morgan fingerprint density at radius 3 is 2.09 bits per heavy atom. The fourth-order valence-corrected chi connectivity index (χ4v) is 15.6. The molecule has 0 saturated carbocycles. The van der Waals surface area contributed by atoms with Crippen LogP contribution in [0.4, 0.5) is 0 Å². The summed E-state index contributed by atoms with van der Waals surface area (Å²) in [7, 11) is -2.49. The van der Waals surface area contributed by atoms with Gasteiger partial charge in [-0.15, -0.1) is 0 Å². The smallest absolute Gasteiger partial charge is 0.192 e. The van der Waals surface area contributed by atoms with E-state index in [1.54, 1.807) is 0 Å². The van der Waals surface area contributed by atoms with E-state index in [1.807, 2.05) is 7.11 Å². The zero-order chi connectivity index (χ0) is 48.2. The summed E-state index contributed by atoms with van der Waals surface area (Å²) in [5, 5.41) is 12.4. The van der Waals surface area contributed by atoms with Gasteiger partial charge in [0.15, 0.2) is 22.4 Å². The Balaban J connectivity index is 0.998. The lowest BCUT2D eigenvalue weighted by Crippen LogP contribution is -2.61. The predicted molar refractivity (Wildman–Crippen MR) is 262 cm³/mol. The normalized spacial score (nSPS) is 46.3. The van der Waals surface area contributed by atoms with Gasteiger partial charge in [0.2, 0.25) is 0 Å². The molecule has 67 heavy (non-hydrogen) atoms. The van der Waals surface area contributed by atoms with E-state index in [9.17, 15) is 5.11 Å². The van der Waals surface area contributed by atoms with E-state index in [4.69, 9.17) is 51.5 Å². The third kappa shape index (κ3) is 10.3. The van der Waals surface area contributed by atoms with Gasteiger partial charge in [-0.1, -0.05) is 68.9 Å². The minimum absolute atomic E-state index is 0.0229. The number of hydrogen-bond acceptors (Lipinski definition) is 12. The lowest BCUT2D eigenvalue weighted by molar-refractivity contribution is -0.294. The van der Waals surface area contributed by atoms with Crippen molar-refractivity contribution in [2.45, 2.75) is 292 Å². The molecule has 10 heterocycles. The molecular formula is C53H92O12Si2. The second kappa shape index (κ2) is 18.9. The Labute approximate surface area is 406 Å². The van der Waals surface area contributed by atoms with E-state index in [1.165, 1.54) is 0 Å². The number of aliphatic hydroxyl groups is 1. The summed E-state index contributed by atoms with van der Waals surface area (Å²) in [6, 6.07) is 0. The standard InChI is InChI=1S/C53H92O12Si2/c1-30-22-33-17-19-43-52(9,10)27-35(58-43)20-21-53-28-42-46(63-53)47-48(62-42)49(64-53)45-38(61-47)18-16-34(59-45)23-32(54)24-37-40(26-39(57-33)31(30)2)60-41(44(37)55-11)25-36(65-67(14,15)51(6,7)8)29-56-66(12,13)50(3,4)5/h30,32-49,54H,2,16-29H2,1,3-15H3/t30?,32?,33?,34?,35?,36?,37?,38?,39?,40?,41-,42?,43+,44-,45+,46?,47+,48?,49?,53+/m1/s1. The first-order chi connectivity index (χ1) is 31.2. The van der Waals surface area contributed by atoms with Crippen LogP contribution >= 0.6 is 0 Å². The molecule has 0 radical (unpaired) electrons. The fraction of sp³-hybridized carbons (Fsp3) is 0.962. The Morgan fingerprint density at radius 2 is 1.37 bits per heavy atom. The Morgan fingerprint density at radius 1 is 0.701 bits per heavy atom. The topological polar surface area (TPSA) is 122 Å². The van der Waals surface area contributed by atoms with Crippen LogP contribution in [0.1, 0.15) is 146 Å². The van der Waals surface area contributed by atoms with E-state index in [-0.39, 0.29) is 119 Å². The van der Waals surface area contributed by atoms with Crippen LogP contribution in [0.5, 0.6) is 0 Å². The highest BCUT2D eigenvalue weighted by atomic mass is 28.4. The molecule has 12 nitrogen and oxygen atoms in total. The number of aliphatic hydroxyl groups excluding tert-OH is 1. The predicted octanol–water partition coefficient (Wildman–Crippen LogP) is 9.79. The highest BCUT2D eigenvalue weighted by Gasteiger charge is 2.69. The number of hydrogen-bond donors (Lipinski definition) is 1. The molecule has 14 unspecified atom stereocenters. The molecule has 384 valence electrons. The molecule has 1 spiro atoms. The van der Waals surface area contributed by atoms with E-state index < -0.39 is 28.5 Å². The molecule has 0 aliphatic carbocycles. The second-order valence-electron chi connectivity index (χ2n) is 26.6. The summed E-state index contributed by atoms with van der Waals surface area (Å²) in [4.78, 5) is 0. The van der Waals surface area contributed by atoms with Crippen LogP contribution in [0, 0.1) is 17.3 Å². The SMILES string of the molecule is C=C1C(C)CC2CC[C@@H]3OC(CC[C@@]45CC6OC7C(O4)[C@H]4OC(CCC4O[C@H]7C6O5)CC(O)CC4C(CC1O2)O[C@H](CC(CO[Si](C)(C)C(C)(C)C)O[Si](C)(C)C(C)(C)C)[C@@H]4OC)CC3(C)C. The first-order valence-electron chi connectivity index (χ1n) is 26.7. The van der Waals surface area contributed by atoms with Crippen molar-refractivity contribution in [2.24, 2.45) is 17.3 Å². The monoisotopic (exact) mass is 977 g/mol. The Hall–Kier alpha value is -0.306. The van der Waals surface area contributed by atoms with Crippen molar-refractivity contribution in [1.82, 2.24) is 0 Å². The first kappa shape index (κ1) is 51.6. The van der Waals surface area contributed by atoms with Gasteiger partial charge in [0, 0.05) is 38.7 Å². The molecule has 10 rings (SSSR count). The maximum Gasteiger partial charge on any atom is 0.192 e. The fourth-order valence-electron chi connectivity index (χ4n) is 13.2. The minimum atomic E-state index is -2.21. The third-order valence-electron chi connectivity index (χ3n) is 19.2. The summed E-state index contributed by atoms with van der Waals surface area (Å²) in [6.45, 7) is 35.3. The lowest BCUT2D eigenvalue weighted by Gasteiger charge is -2.47. The van der Waals surface area contributed by atoms with Crippen LogP contribution in [0.3, 0.4) is 0 Å². The average molecular weight is 977 g/mol. The van der Waals surface area contributed by atoms with Crippen molar-refractivity contribution in [2.75, 3.05) is 13.7 Å². The van der Waals surface area contributed by atoms with Gasteiger partial charge in [-0.2, -0.15) is 0 Å².